The monoisotopic (exact) mass is 207 g/mol. The molecule has 1 aromatic carbocycles. The van der Waals surface area contributed by atoms with Crippen LogP contribution in [0.5, 0.6) is 0 Å². The number of nitrogens with two attached hydrogens (primary N) is 1. The molecule has 1 unspecified atom stereocenters. The molecule has 82 valence electrons. The van der Waals surface area contributed by atoms with Gasteiger partial charge in [-0.2, -0.15) is 0 Å². The fraction of sp³-hybridized carbons (Fsp3) is 0.417. The van der Waals surface area contributed by atoms with Crippen LogP contribution in [0.2, 0.25) is 0 Å². The quantitative estimate of drug-likeness (QED) is 0.768. The van der Waals surface area contributed by atoms with Crippen molar-refractivity contribution in [3.8, 4) is 0 Å². The summed E-state index contributed by atoms with van der Waals surface area (Å²) in [4.78, 5) is 11.4. The highest BCUT2D eigenvalue weighted by molar-refractivity contribution is 5.75. The summed E-state index contributed by atoms with van der Waals surface area (Å²) in [6, 6.07) is 9.09. The van der Waals surface area contributed by atoms with E-state index in [1.807, 2.05) is 44.2 Å². The molecular formula is C12H17NO2. The van der Waals surface area contributed by atoms with Crippen molar-refractivity contribution >= 4 is 5.97 Å². The van der Waals surface area contributed by atoms with Crippen molar-refractivity contribution < 1.29 is 9.53 Å². The molecule has 0 aromatic heterocycles. The largest absolute Gasteiger partial charge is 0.457 e. The Morgan fingerprint density at radius 1 is 1.40 bits per heavy atom. The van der Waals surface area contributed by atoms with Gasteiger partial charge in [0.05, 0.1) is 0 Å². The second-order valence-corrected chi connectivity index (χ2v) is 3.50. The number of benzene rings is 1. The van der Waals surface area contributed by atoms with Gasteiger partial charge in [-0.25, -0.2) is 0 Å². The molecule has 0 bridgehead atoms. The van der Waals surface area contributed by atoms with E-state index in [0.29, 0.717) is 6.42 Å². The zero-order chi connectivity index (χ0) is 11.3. The predicted octanol–water partition coefficient (Wildman–Crippen LogP) is 2.03. The minimum absolute atomic E-state index is 0.240. The van der Waals surface area contributed by atoms with Crippen LogP contribution in [-0.4, -0.2) is 12.0 Å². The van der Waals surface area contributed by atoms with Gasteiger partial charge < -0.3 is 10.5 Å². The standard InChI is InChI=1S/C12H17NO2/c1-3-11(13)12(14)15-9(2)10-7-5-4-6-8-10/h4-9,11H,3,13H2,1-2H3/t9?,11-/m1/s1. The molecule has 0 aliphatic rings. The summed E-state index contributed by atoms with van der Waals surface area (Å²) >= 11 is 0. The lowest BCUT2D eigenvalue weighted by atomic mass is 10.1. The van der Waals surface area contributed by atoms with Crippen LogP contribution in [0, 0.1) is 0 Å². The van der Waals surface area contributed by atoms with Crippen molar-refractivity contribution in [2.75, 3.05) is 0 Å². The van der Waals surface area contributed by atoms with Gasteiger partial charge in [-0.05, 0) is 18.9 Å². The molecule has 0 fully saturated rings. The Kier molecular flexibility index (Phi) is 4.31. The first-order chi connectivity index (χ1) is 7.15. The molecule has 0 heterocycles. The zero-order valence-corrected chi connectivity index (χ0v) is 9.14. The molecule has 0 radical (unpaired) electrons. The second kappa shape index (κ2) is 5.51. The molecule has 0 aliphatic heterocycles. The van der Waals surface area contributed by atoms with E-state index in [0.717, 1.165) is 5.56 Å². The Labute approximate surface area is 90.2 Å². The summed E-state index contributed by atoms with van der Waals surface area (Å²) in [5.41, 5.74) is 6.55. The molecule has 3 heteroatoms. The van der Waals surface area contributed by atoms with Crippen LogP contribution in [0.3, 0.4) is 0 Å². The third kappa shape index (κ3) is 3.36. The number of esters is 1. The van der Waals surface area contributed by atoms with E-state index in [1.54, 1.807) is 0 Å². The summed E-state index contributed by atoms with van der Waals surface area (Å²) in [5.74, 6) is -0.339. The lowest BCUT2D eigenvalue weighted by molar-refractivity contribution is -0.150. The zero-order valence-electron chi connectivity index (χ0n) is 9.14. The van der Waals surface area contributed by atoms with E-state index in [2.05, 4.69) is 0 Å². The van der Waals surface area contributed by atoms with Gasteiger partial charge in [0, 0.05) is 0 Å². The van der Waals surface area contributed by atoms with Gasteiger partial charge in [0.25, 0.3) is 0 Å². The van der Waals surface area contributed by atoms with Crippen LogP contribution in [-0.2, 0) is 9.53 Å². The van der Waals surface area contributed by atoms with Crippen molar-refractivity contribution in [1.82, 2.24) is 0 Å². The van der Waals surface area contributed by atoms with Gasteiger partial charge in [0.1, 0.15) is 12.1 Å². The highest BCUT2D eigenvalue weighted by Gasteiger charge is 2.16. The van der Waals surface area contributed by atoms with Crippen LogP contribution >= 0.6 is 0 Å². The topological polar surface area (TPSA) is 52.3 Å². The first kappa shape index (κ1) is 11.7. The van der Waals surface area contributed by atoms with Crippen LogP contribution in [0.25, 0.3) is 0 Å². The number of carbonyl (C=O) groups excluding carboxylic acids is 1. The Morgan fingerprint density at radius 3 is 2.53 bits per heavy atom. The second-order valence-electron chi connectivity index (χ2n) is 3.50. The first-order valence-corrected chi connectivity index (χ1v) is 5.16. The van der Waals surface area contributed by atoms with Crippen LogP contribution in [0.1, 0.15) is 31.9 Å². The van der Waals surface area contributed by atoms with Crippen LogP contribution in [0.15, 0.2) is 30.3 Å². The molecule has 1 aromatic rings. The number of carbonyl (C=O) groups is 1. The average Bonchev–Trinajstić information content (AvgIpc) is 2.29. The Bertz CT molecular complexity index is 311. The lowest BCUT2D eigenvalue weighted by Gasteiger charge is -2.16. The van der Waals surface area contributed by atoms with Crippen molar-refractivity contribution in [2.24, 2.45) is 5.73 Å². The number of rotatable bonds is 4. The highest BCUT2D eigenvalue weighted by atomic mass is 16.5. The molecule has 0 saturated heterocycles. The van der Waals surface area contributed by atoms with E-state index in [-0.39, 0.29) is 12.1 Å². The smallest absolute Gasteiger partial charge is 0.323 e. The maximum Gasteiger partial charge on any atom is 0.323 e. The molecular weight excluding hydrogens is 190 g/mol. The van der Waals surface area contributed by atoms with Gasteiger partial charge >= 0.3 is 5.97 Å². The SMILES string of the molecule is CC[C@@H](N)C(=O)OC(C)c1ccccc1. The van der Waals surface area contributed by atoms with E-state index in [4.69, 9.17) is 10.5 Å². The first-order valence-electron chi connectivity index (χ1n) is 5.16. The number of hydrogen-bond donors (Lipinski definition) is 1. The fourth-order valence-corrected chi connectivity index (χ4v) is 1.22. The third-order valence-corrected chi connectivity index (χ3v) is 2.30. The summed E-state index contributed by atoms with van der Waals surface area (Å²) in [6.45, 7) is 3.70. The fourth-order valence-electron chi connectivity index (χ4n) is 1.22. The van der Waals surface area contributed by atoms with Gasteiger partial charge in [-0.15, -0.1) is 0 Å². The maximum atomic E-state index is 11.4. The number of hydrogen-bond acceptors (Lipinski definition) is 3. The summed E-state index contributed by atoms with van der Waals surface area (Å²) < 4.78 is 5.23. The van der Waals surface area contributed by atoms with E-state index < -0.39 is 6.04 Å². The van der Waals surface area contributed by atoms with Crippen molar-refractivity contribution in [1.29, 1.82) is 0 Å². The van der Waals surface area contributed by atoms with Crippen molar-refractivity contribution in [3.63, 3.8) is 0 Å². The van der Waals surface area contributed by atoms with E-state index in [1.165, 1.54) is 0 Å². The predicted molar refractivity (Wildman–Crippen MR) is 59.2 cm³/mol. The summed E-state index contributed by atoms with van der Waals surface area (Å²) in [6.07, 6.45) is 0.358. The molecule has 2 atom stereocenters. The molecule has 0 spiro atoms. The minimum Gasteiger partial charge on any atom is -0.457 e. The summed E-state index contributed by atoms with van der Waals surface area (Å²) in [5, 5.41) is 0. The van der Waals surface area contributed by atoms with Crippen LogP contribution in [0.4, 0.5) is 0 Å². The van der Waals surface area contributed by atoms with Crippen LogP contribution < -0.4 is 5.73 Å². The molecule has 3 nitrogen and oxygen atoms in total. The highest BCUT2D eigenvalue weighted by Crippen LogP contribution is 2.16. The lowest BCUT2D eigenvalue weighted by Crippen LogP contribution is -2.32. The average molecular weight is 207 g/mol. The third-order valence-electron chi connectivity index (χ3n) is 2.30. The molecule has 15 heavy (non-hydrogen) atoms. The molecule has 0 aliphatic carbocycles. The van der Waals surface area contributed by atoms with Gasteiger partial charge in [0.15, 0.2) is 0 Å². The Hall–Kier alpha value is -1.35. The molecule has 2 N–H and O–H groups in total. The van der Waals surface area contributed by atoms with Crippen molar-refractivity contribution in [2.45, 2.75) is 32.4 Å². The molecule has 0 amide bonds. The Morgan fingerprint density at radius 2 is 2.00 bits per heavy atom. The normalized spacial score (nSPS) is 14.3. The maximum absolute atomic E-state index is 11.4. The molecule has 1 rings (SSSR count). The van der Waals surface area contributed by atoms with Gasteiger partial charge in [-0.3, -0.25) is 4.79 Å². The van der Waals surface area contributed by atoms with E-state index in [9.17, 15) is 4.79 Å². The van der Waals surface area contributed by atoms with Gasteiger partial charge in [-0.1, -0.05) is 37.3 Å². The van der Waals surface area contributed by atoms with Gasteiger partial charge in [0.2, 0.25) is 0 Å². The number of ether oxygens (including phenoxy) is 1. The van der Waals surface area contributed by atoms with E-state index >= 15 is 0 Å². The molecule has 0 saturated carbocycles. The minimum atomic E-state index is -0.517. The summed E-state index contributed by atoms with van der Waals surface area (Å²) in [7, 11) is 0. The van der Waals surface area contributed by atoms with Crippen molar-refractivity contribution in [3.05, 3.63) is 35.9 Å². The Balaban J connectivity index is 2.56.